The van der Waals surface area contributed by atoms with Crippen LogP contribution in [0.1, 0.15) is 26.7 Å². The van der Waals surface area contributed by atoms with Crippen LogP contribution in [0.2, 0.25) is 0 Å². The lowest BCUT2D eigenvalue weighted by atomic mass is 10.1. The van der Waals surface area contributed by atoms with Crippen LogP contribution in [-0.4, -0.2) is 11.5 Å². The fourth-order valence-electron chi connectivity index (χ4n) is 0.874. The molecule has 0 saturated carbocycles. The molecule has 0 rings (SSSR count). The minimum atomic E-state index is -0.332. The maximum Gasteiger partial charge on any atom is 0.170 e. The van der Waals surface area contributed by atoms with Crippen LogP contribution >= 0.6 is 20.3 Å². The van der Waals surface area contributed by atoms with E-state index in [-0.39, 0.29) is 9.52 Å². The van der Waals surface area contributed by atoms with Crippen molar-refractivity contribution >= 4 is 25.5 Å². The maximum absolute atomic E-state index is 10.3. The minimum absolute atomic E-state index is 0.332. The number of allylic oxidation sites excluding steroid dienone is 1. The standard InChI is InChI=1S/C9H16OS2/c1-4-5-9(2)6-7-12(8-10)11-3/h6-7,9H,4-5H2,1-3H3/b7-6+. The van der Waals surface area contributed by atoms with Gasteiger partial charge in [0.15, 0.2) is 5.23 Å². The van der Waals surface area contributed by atoms with E-state index in [0.717, 1.165) is 0 Å². The first-order valence-corrected chi connectivity index (χ1v) is 7.11. The van der Waals surface area contributed by atoms with Gasteiger partial charge in [0, 0.05) is 0 Å². The lowest BCUT2D eigenvalue weighted by molar-refractivity contribution is 0.572. The molecule has 0 aliphatic heterocycles. The van der Waals surface area contributed by atoms with E-state index in [0.29, 0.717) is 5.92 Å². The summed E-state index contributed by atoms with van der Waals surface area (Å²) >= 11 is 0. The average molecular weight is 204 g/mol. The van der Waals surface area contributed by atoms with E-state index in [1.54, 1.807) is 10.8 Å². The predicted molar refractivity (Wildman–Crippen MR) is 60.0 cm³/mol. The highest BCUT2D eigenvalue weighted by atomic mass is 33.1. The van der Waals surface area contributed by atoms with Gasteiger partial charge in [-0.1, -0.05) is 37.1 Å². The van der Waals surface area contributed by atoms with Crippen molar-refractivity contribution in [2.24, 2.45) is 5.92 Å². The van der Waals surface area contributed by atoms with E-state index in [1.165, 1.54) is 12.8 Å². The van der Waals surface area contributed by atoms with Crippen molar-refractivity contribution in [3.8, 4) is 0 Å². The van der Waals surface area contributed by atoms with Gasteiger partial charge in [-0.05, 0) is 33.5 Å². The Bertz CT molecular complexity index is 193. The van der Waals surface area contributed by atoms with E-state index in [2.05, 4.69) is 19.9 Å². The Balaban J connectivity index is 3.95. The Labute approximate surface area is 80.9 Å². The Morgan fingerprint density at radius 1 is 1.67 bits per heavy atom. The molecule has 2 atom stereocenters. The molecule has 0 N–H and O–H groups in total. The molecule has 0 aliphatic rings. The minimum Gasteiger partial charge on any atom is -0.225 e. The molecule has 0 aliphatic carbocycles. The summed E-state index contributed by atoms with van der Waals surface area (Å²) in [5, 5.41) is 3.97. The van der Waals surface area contributed by atoms with E-state index < -0.39 is 0 Å². The van der Waals surface area contributed by atoms with E-state index in [9.17, 15) is 4.79 Å². The molecular formula is C9H16OS2. The SMILES string of the molecule is CCCC(C)/C=C/S(=C=O)SC. The molecule has 0 spiro atoms. The molecule has 1 nitrogen and oxygen atoms in total. The smallest absolute Gasteiger partial charge is 0.170 e. The summed E-state index contributed by atoms with van der Waals surface area (Å²) in [6, 6.07) is 0. The molecule has 0 radical (unpaired) electrons. The first-order valence-electron chi connectivity index (χ1n) is 4.08. The Morgan fingerprint density at radius 2 is 2.33 bits per heavy atom. The van der Waals surface area contributed by atoms with Crippen LogP contribution in [0, 0.1) is 5.92 Å². The van der Waals surface area contributed by atoms with Gasteiger partial charge in [-0.3, -0.25) is 0 Å². The van der Waals surface area contributed by atoms with Gasteiger partial charge in [0.25, 0.3) is 0 Å². The van der Waals surface area contributed by atoms with Crippen molar-refractivity contribution in [3.05, 3.63) is 11.5 Å². The third-order valence-corrected chi connectivity index (χ3v) is 4.08. The second-order valence-electron chi connectivity index (χ2n) is 2.64. The summed E-state index contributed by atoms with van der Waals surface area (Å²) in [6.45, 7) is 4.34. The Hall–Kier alpha value is 0.0200. The van der Waals surface area contributed by atoms with Crippen molar-refractivity contribution in [1.82, 2.24) is 0 Å². The Morgan fingerprint density at radius 3 is 2.75 bits per heavy atom. The second kappa shape index (κ2) is 7.66. The number of rotatable bonds is 5. The molecule has 2 unspecified atom stereocenters. The average Bonchev–Trinajstić information content (AvgIpc) is 2.07. The topological polar surface area (TPSA) is 17.1 Å². The zero-order valence-corrected chi connectivity index (χ0v) is 9.50. The molecule has 0 aromatic rings. The fraction of sp³-hybridized carbons (Fsp3) is 0.667. The van der Waals surface area contributed by atoms with E-state index in [1.807, 2.05) is 16.9 Å². The molecule has 12 heavy (non-hydrogen) atoms. The van der Waals surface area contributed by atoms with Crippen LogP contribution in [0.3, 0.4) is 0 Å². The van der Waals surface area contributed by atoms with Crippen LogP contribution in [0.25, 0.3) is 0 Å². The van der Waals surface area contributed by atoms with Crippen LogP contribution in [0.15, 0.2) is 11.5 Å². The number of hydrogen-bond acceptors (Lipinski definition) is 2. The number of hydrogen-bond donors (Lipinski definition) is 0. The van der Waals surface area contributed by atoms with Gasteiger partial charge in [0.05, 0.1) is 0 Å². The zero-order chi connectivity index (χ0) is 9.40. The largest absolute Gasteiger partial charge is 0.225 e. The lowest BCUT2D eigenvalue weighted by Gasteiger charge is -2.01. The molecule has 0 heterocycles. The summed E-state index contributed by atoms with van der Waals surface area (Å²) in [4.78, 5) is 10.3. The summed E-state index contributed by atoms with van der Waals surface area (Å²) < 4.78 is 0. The van der Waals surface area contributed by atoms with Crippen LogP contribution in [0.4, 0.5) is 0 Å². The van der Waals surface area contributed by atoms with Crippen molar-refractivity contribution < 1.29 is 4.79 Å². The van der Waals surface area contributed by atoms with Crippen LogP contribution in [-0.2, 0) is 4.79 Å². The molecule has 0 saturated heterocycles. The van der Waals surface area contributed by atoms with Crippen LogP contribution in [0.5, 0.6) is 0 Å². The summed E-state index contributed by atoms with van der Waals surface area (Å²) in [5.41, 5.74) is 0. The Kier molecular flexibility index (Phi) is 7.67. The lowest BCUT2D eigenvalue weighted by Crippen LogP contribution is -1.86. The normalized spacial score (nSPS) is 15.9. The zero-order valence-electron chi connectivity index (χ0n) is 7.87. The summed E-state index contributed by atoms with van der Waals surface area (Å²) in [5.74, 6) is 0.588. The highest BCUT2D eigenvalue weighted by Crippen LogP contribution is 2.27. The molecule has 3 heteroatoms. The van der Waals surface area contributed by atoms with Gasteiger partial charge in [0.2, 0.25) is 0 Å². The number of carbonyl (C=O) groups excluding carboxylic acids is 1. The van der Waals surface area contributed by atoms with Gasteiger partial charge in [0.1, 0.15) is 0 Å². The van der Waals surface area contributed by atoms with Crippen molar-refractivity contribution in [2.75, 3.05) is 6.26 Å². The summed E-state index contributed by atoms with van der Waals surface area (Å²) in [7, 11) is 1.22. The third kappa shape index (κ3) is 5.64. The van der Waals surface area contributed by atoms with Crippen molar-refractivity contribution in [1.29, 1.82) is 0 Å². The molecule has 0 amide bonds. The first kappa shape index (κ1) is 12.0. The first-order chi connectivity index (χ1) is 5.74. The molecule has 70 valence electrons. The quantitative estimate of drug-likeness (QED) is 0.503. The molecule has 0 bridgehead atoms. The predicted octanol–water partition coefficient (Wildman–Crippen LogP) is 3.55. The molecule has 0 aromatic carbocycles. The monoisotopic (exact) mass is 204 g/mol. The van der Waals surface area contributed by atoms with Gasteiger partial charge >= 0.3 is 0 Å². The molecule has 0 fully saturated rings. The highest BCUT2D eigenvalue weighted by Gasteiger charge is 1.94. The van der Waals surface area contributed by atoms with E-state index >= 15 is 0 Å². The van der Waals surface area contributed by atoms with Gasteiger partial charge in [-0.15, -0.1) is 0 Å². The fourth-order valence-corrected chi connectivity index (χ4v) is 2.25. The van der Waals surface area contributed by atoms with Gasteiger partial charge in [-0.2, -0.15) is 0 Å². The molecule has 0 aromatic heterocycles. The van der Waals surface area contributed by atoms with Crippen molar-refractivity contribution in [2.45, 2.75) is 26.7 Å². The highest BCUT2D eigenvalue weighted by molar-refractivity contribution is 8.84. The van der Waals surface area contributed by atoms with Crippen molar-refractivity contribution in [3.63, 3.8) is 0 Å². The third-order valence-electron chi connectivity index (χ3n) is 1.54. The molecular weight excluding hydrogens is 188 g/mol. The van der Waals surface area contributed by atoms with Crippen LogP contribution < -0.4 is 0 Å². The van der Waals surface area contributed by atoms with E-state index in [4.69, 9.17) is 0 Å². The summed E-state index contributed by atoms with van der Waals surface area (Å²) in [6.07, 6.45) is 6.45. The maximum atomic E-state index is 10.3. The second-order valence-corrected chi connectivity index (χ2v) is 6.09. The van der Waals surface area contributed by atoms with Gasteiger partial charge in [-0.25, -0.2) is 4.79 Å². The van der Waals surface area contributed by atoms with Gasteiger partial charge < -0.3 is 0 Å².